The Morgan fingerprint density at radius 2 is 2.38 bits per heavy atom. The average Bonchev–Trinajstić information content (AvgIpc) is 2.08. The van der Waals surface area contributed by atoms with Crippen LogP contribution in [0, 0.1) is 5.41 Å². The second-order valence-electron chi connectivity index (χ2n) is 2.50. The van der Waals surface area contributed by atoms with Gasteiger partial charge in [0.15, 0.2) is 0 Å². The van der Waals surface area contributed by atoms with Crippen molar-refractivity contribution in [2.45, 2.75) is 6.42 Å². The van der Waals surface area contributed by atoms with Gasteiger partial charge in [-0.25, -0.2) is 0 Å². The van der Waals surface area contributed by atoms with E-state index >= 15 is 0 Å². The van der Waals surface area contributed by atoms with E-state index in [9.17, 15) is 0 Å². The van der Waals surface area contributed by atoms with E-state index in [-0.39, 0.29) is 5.84 Å². The SMILES string of the molecule is COc1cncc(Br)c1CC(=N)N. The van der Waals surface area contributed by atoms with Gasteiger partial charge in [-0.05, 0) is 15.9 Å². The van der Waals surface area contributed by atoms with Crippen LogP contribution in [0.15, 0.2) is 16.9 Å². The second-order valence-corrected chi connectivity index (χ2v) is 3.36. The first-order valence-corrected chi connectivity index (χ1v) is 4.43. The minimum Gasteiger partial charge on any atom is -0.495 e. The smallest absolute Gasteiger partial charge is 0.141 e. The Labute approximate surface area is 84.8 Å². The van der Waals surface area contributed by atoms with Crippen LogP contribution >= 0.6 is 15.9 Å². The van der Waals surface area contributed by atoms with Crippen LogP contribution < -0.4 is 10.5 Å². The largest absolute Gasteiger partial charge is 0.495 e. The topological polar surface area (TPSA) is 72.0 Å². The normalized spacial score (nSPS) is 9.69. The number of hydrogen-bond acceptors (Lipinski definition) is 3. The molecule has 0 spiro atoms. The van der Waals surface area contributed by atoms with E-state index < -0.39 is 0 Å². The molecule has 0 fully saturated rings. The van der Waals surface area contributed by atoms with Gasteiger partial charge in [0.25, 0.3) is 0 Å². The van der Waals surface area contributed by atoms with Crippen molar-refractivity contribution in [2.75, 3.05) is 7.11 Å². The fourth-order valence-electron chi connectivity index (χ4n) is 0.982. The molecule has 0 radical (unpaired) electrons. The van der Waals surface area contributed by atoms with Gasteiger partial charge in [-0.3, -0.25) is 10.4 Å². The number of ether oxygens (including phenoxy) is 1. The van der Waals surface area contributed by atoms with Gasteiger partial charge in [0.05, 0.1) is 19.1 Å². The number of hydrogen-bond donors (Lipinski definition) is 2. The quantitative estimate of drug-likeness (QED) is 0.622. The van der Waals surface area contributed by atoms with Crippen LogP contribution in [0.5, 0.6) is 5.75 Å². The molecule has 13 heavy (non-hydrogen) atoms. The van der Waals surface area contributed by atoms with Crippen LogP contribution in [0.2, 0.25) is 0 Å². The van der Waals surface area contributed by atoms with E-state index in [2.05, 4.69) is 20.9 Å². The number of aromatic nitrogens is 1. The molecule has 0 aliphatic carbocycles. The van der Waals surface area contributed by atoms with Crippen LogP contribution in [0.25, 0.3) is 0 Å². The highest BCUT2D eigenvalue weighted by Gasteiger charge is 2.08. The van der Waals surface area contributed by atoms with Crippen molar-refractivity contribution in [3.8, 4) is 5.75 Å². The summed E-state index contributed by atoms with van der Waals surface area (Å²) in [5.74, 6) is 0.745. The maximum atomic E-state index is 7.18. The molecule has 1 aromatic rings. The van der Waals surface area contributed by atoms with Crippen molar-refractivity contribution in [1.29, 1.82) is 5.41 Å². The Hall–Kier alpha value is -1.10. The molecular weight excluding hydrogens is 234 g/mol. The van der Waals surface area contributed by atoms with Crippen molar-refractivity contribution in [3.63, 3.8) is 0 Å². The van der Waals surface area contributed by atoms with Crippen LogP contribution in [0.4, 0.5) is 0 Å². The lowest BCUT2D eigenvalue weighted by Gasteiger charge is -2.08. The third-order valence-electron chi connectivity index (χ3n) is 1.55. The summed E-state index contributed by atoms with van der Waals surface area (Å²) in [5, 5.41) is 7.18. The summed E-state index contributed by atoms with van der Waals surface area (Å²) in [5.41, 5.74) is 6.16. The Morgan fingerprint density at radius 3 is 2.92 bits per heavy atom. The first-order valence-electron chi connectivity index (χ1n) is 3.64. The molecule has 0 unspecified atom stereocenters. The highest BCUT2D eigenvalue weighted by Crippen LogP contribution is 2.25. The Bertz CT molecular complexity index is 327. The molecule has 0 aliphatic heterocycles. The summed E-state index contributed by atoms with van der Waals surface area (Å²) in [6, 6.07) is 0. The summed E-state index contributed by atoms with van der Waals surface area (Å²) in [4.78, 5) is 3.94. The second kappa shape index (κ2) is 4.23. The van der Waals surface area contributed by atoms with Crippen molar-refractivity contribution in [2.24, 2.45) is 5.73 Å². The van der Waals surface area contributed by atoms with Gasteiger partial charge >= 0.3 is 0 Å². The maximum Gasteiger partial charge on any atom is 0.141 e. The zero-order valence-corrected chi connectivity index (χ0v) is 8.76. The Morgan fingerprint density at radius 1 is 1.69 bits per heavy atom. The van der Waals surface area contributed by atoms with Gasteiger partial charge in [0.1, 0.15) is 5.75 Å². The third-order valence-corrected chi connectivity index (χ3v) is 2.24. The van der Waals surface area contributed by atoms with E-state index in [1.165, 1.54) is 0 Å². The number of pyridine rings is 1. The van der Waals surface area contributed by atoms with Gasteiger partial charge in [-0.1, -0.05) is 0 Å². The Kier molecular flexibility index (Phi) is 3.25. The summed E-state index contributed by atoms with van der Waals surface area (Å²) < 4.78 is 5.89. The molecule has 0 aromatic carbocycles. The monoisotopic (exact) mass is 243 g/mol. The van der Waals surface area contributed by atoms with Crippen molar-refractivity contribution >= 4 is 21.8 Å². The predicted octanol–water partition coefficient (Wildman–Crippen LogP) is 1.33. The number of nitrogens with zero attached hydrogens (tertiary/aromatic N) is 1. The zero-order chi connectivity index (χ0) is 9.84. The summed E-state index contributed by atoms with van der Waals surface area (Å²) in [7, 11) is 1.56. The molecular formula is C8H10BrN3O. The molecule has 0 atom stereocenters. The van der Waals surface area contributed by atoms with Crippen LogP contribution in [-0.4, -0.2) is 17.9 Å². The molecule has 0 bridgehead atoms. The first kappa shape index (κ1) is 9.98. The van der Waals surface area contributed by atoms with E-state index in [0.29, 0.717) is 12.2 Å². The number of nitrogens with two attached hydrogens (primary N) is 1. The van der Waals surface area contributed by atoms with Gasteiger partial charge in [0.2, 0.25) is 0 Å². The van der Waals surface area contributed by atoms with Crippen LogP contribution in [0.3, 0.4) is 0 Å². The summed E-state index contributed by atoms with van der Waals surface area (Å²) in [6.45, 7) is 0. The molecule has 5 heteroatoms. The van der Waals surface area contributed by atoms with Gasteiger partial charge in [-0.15, -0.1) is 0 Å². The van der Waals surface area contributed by atoms with Gasteiger partial charge in [0, 0.05) is 22.7 Å². The Balaban J connectivity index is 3.07. The summed E-state index contributed by atoms with van der Waals surface area (Å²) >= 11 is 3.32. The lowest BCUT2D eigenvalue weighted by molar-refractivity contribution is 0.408. The maximum absolute atomic E-state index is 7.18. The minimum atomic E-state index is 0.102. The van der Waals surface area contributed by atoms with E-state index in [4.69, 9.17) is 15.9 Å². The predicted molar refractivity (Wildman–Crippen MR) is 54.1 cm³/mol. The van der Waals surface area contributed by atoms with Crippen LogP contribution in [-0.2, 0) is 6.42 Å². The molecule has 0 saturated heterocycles. The fourth-order valence-corrected chi connectivity index (χ4v) is 1.44. The molecule has 4 nitrogen and oxygen atoms in total. The van der Waals surface area contributed by atoms with Crippen LogP contribution in [0.1, 0.15) is 5.56 Å². The lowest BCUT2D eigenvalue weighted by atomic mass is 10.2. The number of methoxy groups -OCH3 is 1. The standard InChI is InChI=1S/C8H10BrN3O/c1-13-7-4-12-3-6(9)5(7)2-8(10)11/h3-4H,2H2,1H3,(H3,10,11). The molecule has 0 aliphatic rings. The zero-order valence-electron chi connectivity index (χ0n) is 7.17. The van der Waals surface area contributed by atoms with Crippen molar-refractivity contribution in [1.82, 2.24) is 4.98 Å². The van der Waals surface area contributed by atoms with Gasteiger partial charge in [-0.2, -0.15) is 0 Å². The molecule has 1 rings (SSSR count). The minimum absolute atomic E-state index is 0.102. The lowest BCUT2D eigenvalue weighted by Crippen LogP contribution is -2.13. The molecule has 1 heterocycles. The fraction of sp³-hybridized carbons (Fsp3) is 0.250. The molecule has 1 aromatic heterocycles. The summed E-state index contributed by atoms with van der Waals surface area (Å²) in [6.07, 6.45) is 3.62. The number of halogens is 1. The first-order chi connectivity index (χ1) is 6.15. The highest BCUT2D eigenvalue weighted by atomic mass is 79.9. The van der Waals surface area contributed by atoms with Crippen molar-refractivity contribution < 1.29 is 4.74 Å². The van der Waals surface area contributed by atoms with E-state index in [0.717, 1.165) is 10.0 Å². The third kappa shape index (κ3) is 2.42. The molecule has 3 N–H and O–H groups in total. The number of amidine groups is 1. The number of rotatable bonds is 3. The van der Waals surface area contributed by atoms with E-state index in [1.54, 1.807) is 19.5 Å². The van der Waals surface area contributed by atoms with Crippen molar-refractivity contribution in [3.05, 3.63) is 22.4 Å². The molecule has 0 saturated carbocycles. The van der Waals surface area contributed by atoms with Gasteiger partial charge < -0.3 is 10.5 Å². The molecule has 70 valence electrons. The van der Waals surface area contributed by atoms with E-state index in [1.807, 2.05) is 0 Å². The molecule has 0 amide bonds. The number of nitrogens with one attached hydrogen (secondary N) is 1. The highest BCUT2D eigenvalue weighted by molar-refractivity contribution is 9.10. The average molecular weight is 244 g/mol.